The van der Waals surface area contributed by atoms with Gasteiger partial charge in [0.2, 0.25) is 0 Å². The van der Waals surface area contributed by atoms with E-state index in [1.807, 2.05) is 50.2 Å². The molecule has 0 fully saturated rings. The molecule has 126 valence electrons. The molecule has 0 saturated heterocycles. The molecule has 0 radical (unpaired) electrons. The van der Waals surface area contributed by atoms with E-state index in [-0.39, 0.29) is 0 Å². The zero-order chi connectivity index (χ0) is 17.6. The number of hydrogen-bond donors (Lipinski definition) is 2. The molecule has 0 aliphatic carbocycles. The highest BCUT2D eigenvalue weighted by atomic mass is 16.5. The Labute approximate surface area is 147 Å². The van der Waals surface area contributed by atoms with Gasteiger partial charge >= 0.3 is 0 Å². The van der Waals surface area contributed by atoms with E-state index in [9.17, 15) is 0 Å². The maximum Gasteiger partial charge on any atom is 0.144 e. The molecule has 1 aliphatic rings. The normalized spacial score (nSPS) is 11.9. The summed E-state index contributed by atoms with van der Waals surface area (Å²) in [5, 5.41) is 7.57. The molecule has 5 heteroatoms. The molecule has 3 aromatic rings. The molecule has 2 N–H and O–H groups in total. The van der Waals surface area contributed by atoms with Crippen LogP contribution in [0.1, 0.15) is 19.4 Å². The third kappa shape index (κ3) is 3.48. The highest BCUT2D eigenvalue weighted by Gasteiger charge is 2.13. The summed E-state index contributed by atoms with van der Waals surface area (Å²) in [5.41, 5.74) is 3.50. The summed E-state index contributed by atoms with van der Waals surface area (Å²) in [6.07, 6.45) is 6.99. The second kappa shape index (κ2) is 7.54. The molecule has 0 atom stereocenters. The quantitative estimate of drug-likeness (QED) is 0.689. The van der Waals surface area contributed by atoms with E-state index >= 15 is 0 Å². The Morgan fingerprint density at radius 3 is 2.92 bits per heavy atom. The van der Waals surface area contributed by atoms with E-state index in [0.717, 1.165) is 46.0 Å². The number of benzene rings is 2. The zero-order valence-corrected chi connectivity index (χ0v) is 14.3. The minimum Gasteiger partial charge on any atom is -0.490 e. The van der Waals surface area contributed by atoms with Gasteiger partial charge in [0, 0.05) is 29.2 Å². The van der Waals surface area contributed by atoms with Crippen molar-refractivity contribution in [3.05, 3.63) is 48.3 Å². The molecule has 0 saturated carbocycles. The van der Waals surface area contributed by atoms with E-state index in [1.165, 1.54) is 0 Å². The maximum absolute atomic E-state index is 5.65. The highest BCUT2D eigenvalue weighted by molar-refractivity contribution is 5.95. The standard InChI is InChI=1S/C18H14N4O.C2H6/c1-2-12-4-3-5-13(8-12)22-18-14-9-16-17(23-7-6-19-16)10-15(14)20-11-21-18;1-2/h1,3-5,8-11,19H,6-7H2,(H,20,21,22);1-2H3. The van der Waals surface area contributed by atoms with Gasteiger partial charge in [0.15, 0.2) is 0 Å². The van der Waals surface area contributed by atoms with Gasteiger partial charge in [-0.15, -0.1) is 6.42 Å². The molecular weight excluding hydrogens is 312 g/mol. The summed E-state index contributed by atoms with van der Waals surface area (Å²) in [5.74, 6) is 4.19. The average molecular weight is 332 g/mol. The van der Waals surface area contributed by atoms with Crippen LogP contribution in [0.3, 0.4) is 0 Å². The molecule has 0 bridgehead atoms. The summed E-state index contributed by atoms with van der Waals surface area (Å²) in [4.78, 5) is 8.70. The first kappa shape index (κ1) is 16.6. The Morgan fingerprint density at radius 1 is 1.20 bits per heavy atom. The van der Waals surface area contributed by atoms with Crippen molar-refractivity contribution in [2.24, 2.45) is 0 Å². The first-order valence-corrected chi connectivity index (χ1v) is 8.32. The van der Waals surface area contributed by atoms with Gasteiger partial charge in [0.25, 0.3) is 0 Å². The molecule has 4 rings (SSSR count). The molecule has 0 spiro atoms. The van der Waals surface area contributed by atoms with Crippen molar-refractivity contribution in [2.75, 3.05) is 23.8 Å². The van der Waals surface area contributed by atoms with Crippen molar-refractivity contribution < 1.29 is 4.74 Å². The number of rotatable bonds is 2. The van der Waals surface area contributed by atoms with E-state index in [1.54, 1.807) is 6.33 Å². The van der Waals surface area contributed by atoms with Crippen molar-refractivity contribution in [3.8, 4) is 18.1 Å². The van der Waals surface area contributed by atoms with E-state index in [2.05, 4.69) is 26.5 Å². The molecule has 5 nitrogen and oxygen atoms in total. The lowest BCUT2D eigenvalue weighted by Gasteiger charge is -2.20. The smallest absolute Gasteiger partial charge is 0.144 e. The first-order chi connectivity index (χ1) is 12.3. The number of fused-ring (bicyclic) bond motifs is 2. The number of nitrogens with one attached hydrogen (secondary N) is 2. The number of nitrogens with zero attached hydrogens (tertiary/aromatic N) is 2. The predicted molar refractivity (Wildman–Crippen MR) is 103 cm³/mol. The molecular formula is C20H20N4O. The fourth-order valence-corrected chi connectivity index (χ4v) is 2.61. The van der Waals surface area contributed by atoms with Crippen LogP contribution in [0.2, 0.25) is 0 Å². The largest absolute Gasteiger partial charge is 0.490 e. The van der Waals surface area contributed by atoms with Gasteiger partial charge in [-0.1, -0.05) is 25.8 Å². The highest BCUT2D eigenvalue weighted by Crippen LogP contribution is 2.34. The summed E-state index contributed by atoms with van der Waals surface area (Å²) in [6, 6.07) is 11.6. The lowest BCUT2D eigenvalue weighted by molar-refractivity contribution is 0.324. The van der Waals surface area contributed by atoms with Gasteiger partial charge in [-0.3, -0.25) is 0 Å². The third-order valence-electron chi connectivity index (χ3n) is 3.70. The minimum atomic E-state index is 0.660. The van der Waals surface area contributed by atoms with E-state index in [0.29, 0.717) is 6.61 Å². The van der Waals surface area contributed by atoms with Gasteiger partial charge in [0.05, 0.1) is 11.2 Å². The van der Waals surface area contributed by atoms with Crippen LogP contribution >= 0.6 is 0 Å². The summed E-state index contributed by atoms with van der Waals surface area (Å²) in [6.45, 7) is 5.45. The zero-order valence-electron chi connectivity index (χ0n) is 14.3. The number of ether oxygens (including phenoxy) is 1. The second-order valence-corrected chi connectivity index (χ2v) is 5.21. The summed E-state index contributed by atoms with van der Waals surface area (Å²) < 4.78 is 5.65. The Balaban J connectivity index is 0.000000880. The Hall–Kier alpha value is -3.26. The second-order valence-electron chi connectivity index (χ2n) is 5.21. The minimum absolute atomic E-state index is 0.660. The van der Waals surface area contributed by atoms with E-state index in [4.69, 9.17) is 11.2 Å². The van der Waals surface area contributed by atoms with Crippen molar-refractivity contribution in [3.63, 3.8) is 0 Å². The van der Waals surface area contributed by atoms with Gasteiger partial charge < -0.3 is 15.4 Å². The van der Waals surface area contributed by atoms with Crippen LogP contribution < -0.4 is 15.4 Å². The molecule has 0 amide bonds. The number of aromatic nitrogens is 2. The molecule has 1 aliphatic heterocycles. The third-order valence-corrected chi connectivity index (χ3v) is 3.70. The number of hydrogen-bond acceptors (Lipinski definition) is 5. The summed E-state index contributed by atoms with van der Waals surface area (Å²) >= 11 is 0. The van der Waals surface area contributed by atoms with Gasteiger partial charge in [-0.2, -0.15) is 0 Å². The van der Waals surface area contributed by atoms with Gasteiger partial charge in [-0.25, -0.2) is 9.97 Å². The Bertz CT molecular complexity index is 931. The summed E-state index contributed by atoms with van der Waals surface area (Å²) in [7, 11) is 0. The van der Waals surface area contributed by atoms with Crippen LogP contribution in [0.4, 0.5) is 17.2 Å². The Kier molecular flexibility index (Phi) is 5.00. The van der Waals surface area contributed by atoms with Crippen LogP contribution in [-0.2, 0) is 0 Å². The molecule has 25 heavy (non-hydrogen) atoms. The van der Waals surface area contributed by atoms with Crippen molar-refractivity contribution in [2.45, 2.75) is 13.8 Å². The molecule has 2 aromatic carbocycles. The predicted octanol–water partition coefficient (Wildman–Crippen LogP) is 4.19. The monoisotopic (exact) mass is 332 g/mol. The molecule has 2 heterocycles. The number of terminal acetylenes is 1. The van der Waals surface area contributed by atoms with Crippen molar-refractivity contribution in [1.82, 2.24) is 9.97 Å². The first-order valence-electron chi connectivity index (χ1n) is 8.32. The van der Waals surface area contributed by atoms with Gasteiger partial charge in [0.1, 0.15) is 24.5 Å². The lowest BCUT2D eigenvalue weighted by atomic mass is 10.1. The van der Waals surface area contributed by atoms with Crippen molar-refractivity contribution in [1.29, 1.82) is 0 Å². The fraction of sp³-hybridized carbons (Fsp3) is 0.200. The number of anilines is 3. The van der Waals surface area contributed by atoms with Crippen molar-refractivity contribution >= 4 is 28.1 Å². The van der Waals surface area contributed by atoms with E-state index < -0.39 is 0 Å². The van der Waals surface area contributed by atoms with Crippen LogP contribution in [-0.4, -0.2) is 23.1 Å². The van der Waals surface area contributed by atoms with Crippen LogP contribution in [0.5, 0.6) is 5.75 Å². The molecule has 1 aromatic heterocycles. The molecule has 0 unspecified atom stereocenters. The fourth-order valence-electron chi connectivity index (χ4n) is 2.61. The van der Waals surface area contributed by atoms with Crippen LogP contribution in [0, 0.1) is 12.3 Å². The topological polar surface area (TPSA) is 59.1 Å². The average Bonchev–Trinajstić information content (AvgIpc) is 2.68. The van der Waals surface area contributed by atoms with Crippen LogP contribution in [0.25, 0.3) is 10.9 Å². The Morgan fingerprint density at radius 2 is 2.08 bits per heavy atom. The lowest BCUT2D eigenvalue weighted by Crippen LogP contribution is -2.18. The SMILES string of the molecule is C#Cc1cccc(Nc2ncnc3cc4c(cc23)NCCO4)c1.CC. The van der Waals surface area contributed by atoms with Crippen LogP contribution in [0.15, 0.2) is 42.7 Å². The maximum atomic E-state index is 5.65. The van der Waals surface area contributed by atoms with Gasteiger partial charge in [-0.05, 0) is 24.3 Å².